The second-order valence-corrected chi connectivity index (χ2v) is 6.03. The van der Waals surface area contributed by atoms with E-state index in [-0.39, 0.29) is 5.91 Å². The zero-order chi connectivity index (χ0) is 14.2. The van der Waals surface area contributed by atoms with Gasteiger partial charge in [-0.25, -0.2) is 0 Å². The van der Waals surface area contributed by atoms with Crippen LogP contribution in [0, 0.1) is 27.7 Å². The average molecular weight is 274 g/mol. The van der Waals surface area contributed by atoms with Gasteiger partial charge < -0.3 is 11.1 Å². The molecule has 2 aromatic rings. The number of rotatable bonds is 2. The van der Waals surface area contributed by atoms with Gasteiger partial charge in [-0.3, -0.25) is 4.79 Å². The number of hydrogen-bond acceptors (Lipinski definition) is 3. The van der Waals surface area contributed by atoms with E-state index in [1.807, 2.05) is 45.9 Å². The molecule has 4 heteroatoms. The maximum Gasteiger partial charge on any atom is 0.265 e. The lowest BCUT2D eigenvalue weighted by atomic mass is 10.1. The number of anilines is 2. The van der Waals surface area contributed by atoms with Gasteiger partial charge in [0.1, 0.15) is 0 Å². The molecular weight excluding hydrogens is 256 g/mol. The molecule has 0 saturated carbocycles. The van der Waals surface area contributed by atoms with E-state index in [9.17, 15) is 4.79 Å². The van der Waals surface area contributed by atoms with E-state index in [2.05, 4.69) is 5.32 Å². The standard InChI is InChI=1S/C15H18N2OS/c1-8-5-6-12(16)10(3)14(8)17-15(18)13-7-9(2)11(4)19-13/h5-7H,16H2,1-4H3,(H,17,18). The fraction of sp³-hybridized carbons (Fsp3) is 0.267. The summed E-state index contributed by atoms with van der Waals surface area (Å²) in [5.74, 6) is -0.0713. The molecule has 0 aliphatic rings. The Morgan fingerprint density at radius 2 is 1.84 bits per heavy atom. The summed E-state index contributed by atoms with van der Waals surface area (Å²) >= 11 is 1.51. The first-order valence-corrected chi connectivity index (χ1v) is 6.96. The van der Waals surface area contributed by atoms with Crippen LogP contribution < -0.4 is 11.1 Å². The first kappa shape index (κ1) is 13.6. The summed E-state index contributed by atoms with van der Waals surface area (Å²) in [5, 5.41) is 2.97. The summed E-state index contributed by atoms with van der Waals surface area (Å²) in [6.45, 7) is 7.92. The smallest absolute Gasteiger partial charge is 0.265 e. The molecule has 0 atom stereocenters. The van der Waals surface area contributed by atoms with E-state index in [1.54, 1.807) is 0 Å². The molecule has 0 unspecified atom stereocenters. The van der Waals surface area contributed by atoms with Crippen molar-refractivity contribution in [2.24, 2.45) is 0 Å². The van der Waals surface area contributed by atoms with Gasteiger partial charge in [-0.05, 0) is 56.5 Å². The number of nitrogens with two attached hydrogens (primary N) is 1. The van der Waals surface area contributed by atoms with Crippen molar-refractivity contribution in [1.29, 1.82) is 0 Å². The third-order valence-electron chi connectivity index (χ3n) is 3.34. The summed E-state index contributed by atoms with van der Waals surface area (Å²) in [5.41, 5.74) is 10.5. The Kier molecular flexibility index (Phi) is 3.62. The second kappa shape index (κ2) is 5.05. The molecule has 0 radical (unpaired) electrons. The van der Waals surface area contributed by atoms with Gasteiger partial charge in [0.25, 0.3) is 5.91 Å². The molecule has 3 nitrogen and oxygen atoms in total. The number of nitrogens with one attached hydrogen (secondary N) is 1. The van der Waals surface area contributed by atoms with Gasteiger partial charge >= 0.3 is 0 Å². The monoisotopic (exact) mass is 274 g/mol. The predicted octanol–water partition coefficient (Wildman–Crippen LogP) is 3.82. The molecule has 0 aliphatic heterocycles. The fourth-order valence-corrected chi connectivity index (χ4v) is 2.84. The summed E-state index contributed by atoms with van der Waals surface area (Å²) in [6, 6.07) is 5.70. The molecule has 1 aromatic heterocycles. The van der Waals surface area contributed by atoms with E-state index in [0.29, 0.717) is 5.69 Å². The summed E-state index contributed by atoms with van der Waals surface area (Å²) < 4.78 is 0. The number of carbonyl (C=O) groups excluding carboxylic acids is 1. The molecule has 0 aliphatic carbocycles. The zero-order valence-electron chi connectivity index (χ0n) is 11.6. The molecule has 0 bridgehead atoms. The molecule has 0 spiro atoms. The highest BCUT2D eigenvalue weighted by atomic mass is 32.1. The van der Waals surface area contributed by atoms with Crippen molar-refractivity contribution in [1.82, 2.24) is 0 Å². The van der Waals surface area contributed by atoms with Crippen molar-refractivity contribution in [3.8, 4) is 0 Å². The lowest BCUT2D eigenvalue weighted by molar-refractivity contribution is 0.103. The van der Waals surface area contributed by atoms with Crippen LogP contribution >= 0.6 is 11.3 Å². The molecule has 2 rings (SSSR count). The summed E-state index contributed by atoms with van der Waals surface area (Å²) in [6.07, 6.45) is 0. The number of amides is 1. The minimum Gasteiger partial charge on any atom is -0.398 e. The summed E-state index contributed by atoms with van der Waals surface area (Å²) in [7, 11) is 0. The molecule has 0 saturated heterocycles. The van der Waals surface area contributed by atoms with Gasteiger partial charge in [0.2, 0.25) is 0 Å². The molecular formula is C15H18N2OS. The van der Waals surface area contributed by atoms with Crippen molar-refractivity contribution in [3.63, 3.8) is 0 Å². The van der Waals surface area contributed by atoms with E-state index in [4.69, 9.17) is 5.73 Å². The largest absolute Gasteiger partial charge is 0.398 e. The maximum atomic E-state index is 12.3. The van der Waals surface area contributed by atoms with Crippen LogP contribution in [0.15, 0.2) is 18.2 Å². The van der Waals surface area contributed by atoms with Gasteiger partial charge in [0.05, 0.1) is 4.88 Å². The quantitative estimate of drug-likeness (QED) is 0.818. The molecule has 100 valence electrons. The van der Waals surface area contributed by atoms with E-state index < -0.39 is 0 Å². The van der Waals surface area contributed by atoms with Crippen LogP contribution in [0.25, 0.3) is 0 Å². The van der Waals surface area contributed by atoms with E-state index in [1.165, 1.54) is 16.2 Å². The van der Waals surface area contributed by atoms with Crippen LogP contribution in [0.2, 0.25) is 0 Å². The highest BCUT2D eigenvalue weighted by Gasteiger charge is 2.14. The Morgan fingerprint density at radius 1 is 1.16 bits per heavy atom. The predicted molar refractivity (Wildman–Crippen MR) is 82.1 cm³/mol. The van der Waals surface area contributed by atoms with Crippen molar-refractivity contribution in [3.05, 3.63) is 44.6 Å². The highest BCUT2D eigenvalue weighted by molar-refractivity contribution is 7.14. The van der Waals surface area contributed by atoms with Gasteiger partial charge in [-0.2, -0.15) is 0 Å². The van der Waals surface area contributed by atoms with Crippen LogP contribution in [0.5, 0.6) is 0 Å². The van der Waals surface area contributed by atoms with Gasteiger partial charge in [0, 0.05) is 16.3 Å². The Morgan fingerprint density at radius 3 is 2.42 bits per heavy atom. The minimum atomic E-state index is -0.0713. The Balaban J connectivity index is 2.31. The van der Waals surface area contributed by atoms with Crippen LogP contribution in [0.3, 0.4) is 0 Å². The third-order valence-corrected chi connectivity index (χ3v) is 4.49. The highest BCUT2D eigenvalue weighted by Crippen LogP contribution is 2.27. The van der Waals surface area contributed by atoms with Gasteiger partial charge in [-0.15, -0.1) is 11.3 Å². The number of aryl methyl sites for hydroxylation is 3. The lowest BCUT2D eigenvalue weighted by Gasteiger charge is -2.12. The number of hydrogen-bond donors (Lipinski definition) is 2. The fourth-order valence-electron chi connectivity index (χ4n) is 1.92. The number of carbonyl (C=O) groups is 1. The van der Waals surface area contributed by atoms with Crippen LogP contribution in [-0.2, 0) is 0 Å². The number of nitrogen functional groups attached to an aromatic ring is 1. The molecule has 1 amide bonds. The minimum absolute atomic E-state index is 0.0713. The Bertz CT molecular complexity index is 624. The summed E-state index contributed by atoms with van der Waals surface area (Å²) in [4.78, 5) is 14.2. The Labute approximate surface area is 117 Å². The number of benzene rings is 1. The molecule has 19 heavy (non-hydrogen) atoms. The van der Waals surface area contributed by atoms with Gasteiger partial charge in [-0.1, -0.05) is 6.07 Å². The van der Waals surface area contributed by atoms with E-state index in [0.717, 1.165) is 27.3 Å². The SMILES string of the molecule is Cc1cc(C(=O)Nc2c(C)ccc(N)c2C)sc1C. The molecule has 3 N–H and O–H groups in total. The first-order valence-electron chi connectivity index (χ1n) is 6.14. The lowest BCUT2D eigenvalue weighted by Crippen LogP contribution is -2.13. The first-order chi connectivity index (χ1) is 8.90. The van der Waals surface area contributed by atoms with Crippen molar-refractivity contribution in [2.75, 3.05) is 11.1 Å². The van der Waals surface area contributed by atoms with Crippen LogP contribution in [-0.4, -0.2) is 5.91 Å². The molecule has 1 aromatic carbocycles. The van der Waals surface area contributed by atoms with E-state index >= 15 is 0 Å². The second-order valence-electron chi connectivity index (χ2n) is 4.78. The molecule has 1 heterocycles. The molecule has 0 fully saturated rings. The van der Waals surface area contributed by atoms with Crippen LogP contribution in [0.4, 0.5) is 11.4 Å². The van der Waals surface area contributed by atoms with Gasteiger partial charge in [0.15, 0.2) is 0 Å². The third kappa shape index (κ3) is 2.63. The normalized spacial score (nSPS) is 10.5. The zero-order valence-corrected chi connectivity index (χ0v) is 12.4. The number of thiophene rings is 1. The van der Waals surface area contributed by atoms with Crippen LogP contribution in [0.1, 0.15) is 31.2 Å². The van der Waals surface area contributed by atoms with Crippen molar-refractivity contribution >= 4 is 28.6 Å². The van der Waals surface area contributed by atoms with Crippen molar-refractivity contribution < 1.29 is 4.79 Å². The van der Waals surface area contributed by atoms with Crippen molar-refractivity contribution in [2.45, 2.75) is 27.7 Å². The average Bonchev–Trinajstić information content (AvgIpc) is 2.70. The topological polar surface area (TPSA) is 55.1 Å². The maximum absolute atomic E-state index is 12.3. The Hall–Kier alpha value is -1.81.